The molecule has 1 aromatic carbocycles. The number of rotatable bonds is 7. The molecular formula is C22H25ClN2O6S. The highest BCUT2D eigenvalue weighted by Gasteiger charge is 2.31. The number of likely N-dealkylation sites (tertiary alicyclic amines) is 1. The number of benzene rings is 1. The van der Waals surface area contributed by atoms with Gasteiger partial charge in [0.25, 0.3) is 11.8 Å². The van der Waals surface area contributed by atoms with Gasteiger partial charge in [0.1, 0.15) is 11.4 Å². The first-order valence-electron chi connectivity index (χ1n) is 10.4. The minimum atomic E-state index is -0.994. The molecule has 1 unspecified atom stereocenters. The zero-order valence-electron chi connectivity index (χ0n) is 17.9. The smallest absolute Gasteiger partial charge is 0.326 e. The van der Waals surface area contributed by atoms with Crippen molar-refractivity contribution in [1.82, 2.24) is 10.2 Å². The van der Waals surface area contributed by atoms with Crippen molar-refractivity contribution in [3.05, 3.63) is 34.2 Å². The molecule has 3 rings (SSSR count). The van der Waals surface area contributed by atoms with E-state index < -0.39 is 18.0 Å². The minimum absolute atomic E-state index is 0.215. The maximum absolute atomic E-state index is 12.6. The summed E-state index contributed by atoms with van der Waals surface area (Å²) in [5, 5.41) is 3.61. The van der Waals surface area contributed by atoms with Crippen LogP contribution in [0.4, 0.5) is 0 Å². The van der Waals surface area contributed by atoms with Crippen molar-refractivity contribution >= 4 is 56.8 Å². The lowest BCUT2D eigenvalue weighted by Crippen LogP contribution is -2.46. The molecule has 2 amide bonds. The molecule has 2 aromatic rings. The number of carbonyl (C=O) groups is 4. The SMILES string of the molecule is CCOC(=O)C1CCN(C(=O)C(C)OC(=O)CNC(=O)c2sc3ccccc3c2Cl)CC1. The fourth-order valence-electron chi connectivity index (χ4n) is 3.53. The van der Waals surface area contributed by atoms with Gasteiger partial charge in [0.15, 0.2) is 6.10 Å². The van der Waals surface area contributed by atoms with E-state index in [1.165, 1.54) is 18.3 Å². The van der Waals surface area contributed by atoms with E-state index in [1.54, 1.807) is 11.8 Å². The Morgan fingerprint density at radius 1 is 1.22 bits per heavy atom. The summed E-state index contributed by atoms with van der Waals surface area (Å²) in [6, 6.07) is 7.37. The molecule has 2 heterocycles. The van der Waals surface area contributed by atoms with E-state index in [0.717, 1.165) is 10.1 Å². The van der Waals surface area contributed by atoms with Gasteiger partial charge in [-0.3, -0.25) is 19.2 Å². The van der Waals surface area contributed by atoms with Crippen LogP contribution in [0.1, 0.15) is 36.4 Å². The Labute approximate surface area is 194 Å². The lowest BCUT2D eigenvalue weighted by molar-refractivity contribution is -0.160. The van der Waals surface area contributed by atoms with Crippen molar-refractivity contribution in [2.75, 3.05) is 26.2 Å². The van der Waals surface area contributed by atoms with Gasteiger partial charge < -0.3 is 19.7 Å². The Balaban J connectivity index is 1.46. The molecule has 0 aliphatic carbocycles. The van der Waals surface area contributed by atoms with Crippen LogP contribution >= 0.6 is 22.9 Å². The number of nitrogens with zero attached hydrogens (tertiary/aromatic N) is 1. The van der Waals surface area contributed by atoms with Gasteiger partial charge in [0.05, 0.1) is 17.5 Å². The molecule has 0 radical (unpaired) electrons. The van der Waals surface area contributed by atoms with Gasteiger partial charge in [0.2, 0.25) is 0 Å². The number of nitrogens with one attached hydrogen (secondary N) is 1. The molecule has 0 saturated carbocycles. The molecule has 8 nitrogen and oxygen atoms in total. The van der Waals surface area contributed by atoms with Crippen molar-refractivity contribution in [3.63, 3.8) is 0 Å². The predicted molar refractivity (Wildman–Crippen MR) is 121 cm³/mol. The fraction of sp³-hybridized carbons (Fsp3) is 0.455. The lowest BCUT2D eigenvalue weighted by Gasteiger charge is -2.32. The van der Waals surface area contributed by atoms with Crippen molar-refractivity contribution in [1.29, 1.82) is 0 Å². The number of halogens is 1. The third kappa shape index (κ3) is 5.58. The minimum Gasteiger partial charge on any atom is -0.466 e. The first-order chi connectivity index (χ1) is 15.3. The number of thiophene rings is 1. The van der Waals surface area contributed by atoms with Gasteiger partial charge >= 0.3 is 11.9 Å². The zero-order valence-corrected chi connectivity index (χ0v) is 19.5. The van der Waals surface area contributed by atoms with E-state index >= 15 is 0 Å². The van der Waals surface area contributed by atoms with E-state index in [1.807, 2.05) is 24.3 Å². The van der Waals surface area contributed by atoms with Crippen molar-refractivity contribution < 1.29 is 28.7 Å². The van der Waals surface area contributed by atoms with Crippen LogP contribution in [0.3, 0.4) is 0 Å². The van der Waals surface area contributed by atoms with Crippen LogP contribution in [0.2, 0.25) is 5.02 Å². The Morgan fingerprint density at radius 3 is 2.56 bits per heavy atom. The van der Waals surface area contributed by atoms with Crippen LogP contribution in [0.25, 0.3) is 10.1 Å². The second-order valence-electron chi connectivity index (χ2n) is 7.41. The average Bonchev–Trinajstić information content (AvgIpc) is 3.14. The molecule has 1 saturated heterocycles. The molecule has 1 fully saturated rings. The Kier molecular flexibility index (Phi) is 8.09. The maximum atomic E-state index is 12.6. The van der Waals surface area contributed by atoms with Gasteiger partial charge in [-0.1, -0.05) is 29.8 Å². The molecule has 1 aliphatic heterocycles. The first kappa shape index (κ1) is 24.0. The third-order valence-corrected chi connectivity index (χ3v) is 6.89. The number of hydrogen-bond donors (Lipinski definition) is 1. The quantitative estimate of drug-likeness (QED) is 0.611. The molecule has 32 heavy (non-hydrogen) atoms. The van der Waals surface area contributed by atoms with Gasteiger partial charge in [-0.15, -0.1) is 11.3 Å². The van der Waals surface area contributed by atoms with Crippen LogP contribution in [-0.2, 0) is 23.9 Å². The summed E-state index contributed by atoms with van der Waals surface area (Å²) in [4.78, 5) is 50.9. The zero-order chi connectivity index (χ0) is 23.3. The largest absolute Gasteiger partial charge is 0.466 e. The predicted octanol–water partition coefficient (Wildman–Crippen LogP) is 3.02. The molecule has 1 aromatic heterocycles. The summed E-state index contributed by atoms with van der Waals surface area (Å²) in [6.45, 7) is 3.98. The van der Waals surface area contributed by atoms with Crippen LogP contribution in [-0.4, -0.2) is 61.0 Å². The Morgan fingerprint density at radius 2 is 1.91 bits per heavy atom. The summed E-state index contributed by atoms with van der Waals surface area (Å²) in [6.07, 6.45) is 0.0283. The van der Waals surface area contributed by atoms with Gasteiger partial charge in [0, 0.05) is 23.2 Å². The van der Waals surface area contributed by atoms with Crippen molar-refractivity contribution in [2.24, 2.45) is 5.92 Å². The molecule has 172 valence electrons. The molecule has 1 aliphatic rings. The highest BCUT2D eigenvalue weighted by atomic mass is 35.5. The molecule has 0 spiro atoms. The van der Waals surface area contributed by atoms with E-state index in [9.17, 15) is 19.2 Å². The summed E-state index contributed by atoms with van der Waals surface area (Å²) >= 11 is 7.52. The van der Waals surface area contributed by atoms with Crippen LogP contribution < -0.4 is 5.32 Å². The molecule has 1 atom stereocenters. The standard InChI is InChI=1S/C22H25ClN2O6S/c1-3-30-22(29)14-8-10-25(11-9-14)21(28)13(2)31-17(26)12-24-20(27)19-18(23)15-6-4-5-7-16(15)32-19/h4-7,13-14H,3,8-12H2,1-2H3,(H,24,27). The number of esters is 2. The molecule has 0 bridgehead atoms. The Hall–Kier alpha value is -2.65. The maximum Gasteiger partial charge on any atom is 0.326 e. The van der Waals surface area contributed by atoms with Gasteiger partial charge in [-0.2, -0.15) is 0 Å². The number of amides is 2. The van der Waals surface area contributed by atoms with Gasteiger partial charge in [-0.05, 0) is 32.8 Å². The summed E-state index contributed by atoms with van der Waals surface area (Å²) < 4.78 is 11.1. The average molecular weight is 481 g/mol. The molecule has 10 heteroatoms. The number of hydrogen-bond acceptors (Lipinski definition) is 7. The van der Waals surface area contributed by atoms with Crippen molar-refractivity contribution in [3.8, 4) is 0 Å². The molecule has 1 N–H and O–H groups in total. The van der Waals surface area contributed by atoms with E-state index in [4.69, 9.17) is 21.1 Å². The number of fused-ring (bicyclic) bond motifs is 1. The molecular weight excluding hydrogens is 456 g/mol. The number of ether oxygens (including phenoxy) is 2. The topological polar surface area (TPSA) is 102 Å². The number of piperidine rings is 1. The summed E-state index contributed by atoms with van der Waals surface area (Å²) in [7, 11) is 0. The van der Waals surface area contributed by atoms with Gasteiger partial charge in [-0.25, -0.2) is 0 Å². The highest BCUT2D eigenvalue weighted by Crippen LogP contribution is 2.34. The second kappa shape index (κ2) is 10.8. The lowest BCUT2D eigenvalue weighted by atomic mass is 9.97. The van der Waals surface area contributed by atoms with E-state index in [-0.39, 0.29) is 24.3 Å². The van der Waals surface area contributed by atoms with E-state index in [2.05, 4.69) is 5.32 Å². The summed E-state index contributed by atoms with van der Waals surface area (Å²) in [5.41, 5.74) is 0. The van der Waals surface area contributed by atoms with Crippen molar-refractivity contribution in [2.45, 2.75) is 32.8 Å². The summed E-state index contributed by atoms with van der Waals surface area (Å²) in [5.74, 6) is -1.99. The number of carbonyl (C=O) groups excluding carboxylic acids is 4. The van der Waals surface area contributed by atoms with Crippen LogP contribution in [0, 0.1) is 5.92 Å². The third-order valence-electron chi connectivity index (χ3n) is 5.22. The normalized spacial score (nSPS) is 15.3. The van der Waals surface area contributed by atoms with Crippen LogP contribution in [0.15, 0.2) is 24.3 Å². The van der Waals surface area contributed by atoms with Crippen LogP contribution in [0.5, 0.6) is 0 Å². The fourth-order valence-corrected chi connectivity index (χ4v) is 4.97. The Bertz CT molecular complexity index is 1020. The second-order valence-corrected chi connectivity index (χ2v) is 8.84. The first-order valence-corrected chi connectivity index (χ1v) is 11.6. The van der Waals surface area contributed by atoms with E-state index in [0.29, 0.717) is 42.4 Å². The monoisotopic (exact) mass is 480 g/mol. The highest BCUT2D eigenvalue weighted by molar-refractivity contribution is 7.21.